The van der Waals surface area contributed by atoms with Crippen molar-refractivity contribution in [1.29, 1.82) is 0 Å². The van der Waals surface area contributed by atoms with Gasteiger partial charge in [0.05, 0.1) is 19.1 Å². The average Bonchev–Trinajstić information content (AvgIpc) is 2.96. The van der Waals surface area contributed by atoms with Crippen LogP contribution in [0.4, 0.5) is 11.4 Å². The molecule has 0 saturated carbocycles. The standard InChI is InChI=1S/C29H26N2O7/c1-19(18-20-10-6-4-7-11-20)27-30(22-12-8-5-9-13-22)25(29(33)37-3)24(28(32)36-2)26(38-27)21-14-16-23(17-15-21)31(34)35/h4-18,26-27H,1-3H3/b19-18+/t26-,27+/m0/s1. The third-order valence-corrected chi connectivity index (χ3v) is 6.07. The number of nitro groups is 1. The van der Waals surface area contributed by atoms with Gasteiger partial charge in [-0.3, -0.25) is 10.1 Å². The Labute approximate surface area is 219 Å². The molecule has 0 fully saturated rings. The predicted molar refractivity (Wildman–Crippen MR) is 141 cm³/mol. The molecule has 9 heteroatoms. The molecular formula is C29H26N2O7. The summed E-state index contributed by atoms with van der Waals surface area (Å²) in [5.74, 6) is -1.56. The fourth-order valence-electron chi connectivity index (χ4n) is 4.31. The number of hydrogen-bond acceptors (Lipinski definition) is 8. The Morgan fingerprint density at radius 3 is 2.03 bits per heavy atom. The fraction of sp³-hybridized carbons (Fsp3) is 0.172. The molecule has 0 N–H and O–H groups in total. The summed E-state index contributed by atoms with van der Waals surface area (Å²) in [4.78, 5) is 38.8. The van der Waals surface area contributed by atoms with E-state index < -0.39 is 29.2 Å². The van der Waals surface area contributed by atoms with Gasteiger partial charge in [0, 0.05) is 17.8 Å². The third-order valence-electron chi connectivity index (χ3n) is 6.07. The Balaban J connectivity index is 1.98. The molecule has 1 aliphatic rings. The Bertz CT molecular complexity index is 1380. The summed E-state index contributed by atoms with van der Waals surface area (Å²) in [6.07, 6.45) is -0.00678. The highest BCUT2D eigenvalue weighted by Crippen LogP contribution is 2.42. The van der Waals surface area contributed by atoms with E-state index in [0.717, 1.165) is 11.1 Å². The molecule has 0 bridgehead atoms. The lowest BCUT2D eigenvalue weighted by molar-refractivity contribution is -0.384. The lowest BCUT2D eigenvalue weighted by atomic mass is 9.95. The van der Waals surface area contributed by atoms with Gasteiger partial charge in [0.15, 0.2) is 6.23 Å². The molecule has 9 nitrogen and oxygen atoms in total. The Morgan fingerprint density at radius 2 is 1.47 bits per heavy atom. The minimum Gasteiger partial charge on any atom is -0.466 e. The van der Waals surface area contributed by atoms with Crippen LogP contribution in [0.5, 0.6) is 0 Å². The van der Waals surface area contributed by atoms with Crippen molar-refractivity contribution in [2.75, 3.05) is 19.1 Å². The zero-order chi connectivity index (χ0) is 27.2. The molecule has 3 aromatic rings. The fourth-order valence-corrected chi connectivity index (χ4v) is 4.31. The molecule has 1 aliphatic heterocycles. The monoisotopic (exact) mass is 514 g/mol. The van der Waals surface area contributed by atoms with Crippen LogP contribution in [0.15, 0.2) is 102 Å². The molecule has 0 unspecified atom stereocenters. The van der Waals surface area contributed by atoms with Crippen LogP contribution in [0.1, 0.15) is 24.2 Å². The number of esters is 2. The molecule has 194 valence electrons. The van der Waals surface area contributed by atoms with Gasteiger partial charge in [-0.15, -0.1) is 0 Å². The topological polar surface area (TPSA) is 108 Å². The number of non-ortho nitro benzene ring substituents is 1. The SMILES string of the molecule is COC(=O)C1=C(C(=O)OC)N(c2ccccc2)[C@@H](/C(C)=C/c2ccccc2)O[C@H]1c1ccc([N+](=O)[O-])cc1. The van der Waals surface area contributed by atoms with Gasteiger partial charge in [-0.05, 0) is 47.9 Å². The zero-order valence-corrected chi connectivity index (χ0v) is 21.1. The van der Waals surface area contributed by atoms with Crippen molar-refractivity contribution in [1.82, 2.24) is 0 Å². The van der Waals surface area contributed by atoms with E-state index in [0.29, 0.717) is 11.3 Å². The van der Waals surface area contributed by atoms with Gasteiger partial charge in [-0.2, -0.15) is 0 Å². The average molecular weight is 515 g/mol. The van der Waals surface area contributed by atoms with Crippen LogP contribution in [0.25, 0.3) is 6.08 Å². The first-order valence-electron chi connectivity index (χ1n) is 11.7. The highest BCUT2D eigenvalue weighted by atomic mass is 16.6. The molecule has 0 aliphatic carbocycles. The smallest absolute Gasteiger partial charge is 0.355 e. The van der Waals surface area contributed by atoms with Crippen LogP contribution in [-0.4, -0.2) is 37.3 Å². The maximum atomic E-state index is 13.3. The van der Waals surface area contributed by atoms with Gasteiger partial charge in [0.2, 0.25) is 0 Å². The van der Waals surface area contributed by atoms with E-state index in [2.05, 4.69) is 0 Å². The van der Waals surface area contributed by atoms with Crippen LogP contribution in [0, 0.1) is 10.1 Å². The number of carbonyl (C=O) groups is 2. The minimum atomic E-state index is -1.08. The van der Waals surface area contributed by atoms with Crippen molar-refractivity contribution >= 4 is 29.4 Å². The number of ether oxygens (including phenoxy) is 3. The minimum absolute atomic E-state index is 0.0500. The van der Waals surface area contributed by atoms with Gasteiger partial charge in [-0.1, -0.05) is 54.6 Å². The highest BCUT2D eigenvalue weighted by molar-refractivity contribution is 6.04. The molecule has 2 atom stereocenters. The number of hydrogen-bond donors (Lipinski definition) is 0. The maximum Gasteiger partial charge on any atom is 0.355 e. The second-order valence-electron chi connectivity index (χ2n) is 8.47. The van der Waals surface area contributed by atoms with E-state index in [4.69, 9.17) is 14.2 Å². The number of rotatable bonds is 7. The van der Waals surface area contributed by atoms with Crippen molar-refractivity contribution in [2.45, 2.75) is 19.3 Å². The van der Waals surface area contributed by atoms with Crippen LogP contribution < -0.4 is 4.90 Å². The van der Waals surface area contributed by atoms with Crippen LogP contribution in [0.2, 0.25) is 0 Å². The summed E-state index contributed by atoms with van der Waals surface area (Å²) in [6.45, 7) is 1.86. The van der Waals surface area contributed by atoms with Crippen LogP contribution in [-0.2, 0) is 23.8 Å². The molecule has 1 heterocycles. The Morgan fingerprint density at radius 1 is 0.895 bits per heavy atom. The predicted octanol–water partition coefficient (Wildman–Crippen LogP) is 5.20. The maximum absolute atomic E-state index is 13.3. The molecule has 0 aromatic heterocycles. The summed E-state index contributed by atoms with van der Waals surface area (Å²) < 4.78 is 16.8. The molecule has 0 radical (unpaired) electrons. The zero-order valence-electron chi connectivity index (χ0n) is 21.1. The van der Waals surface area contributed by atoms with E-state index in [-0.39, 0.29) is 17.0 Å². The number of methoxy groups -OCH3 is 2. The summed E-state index contributed by atoms with van der Waals surface area (Å²) in [5, 5.41) is 11.2. The van der Waals surface area contributed by atoms with Crippen molar-refractivity contribution in [3.05, 3.63) is 123 Å². The molecule has 0 amide bonds. The Hall–Kier alpha value is -4.76. The van der Waals surface area contributed by atoms with Crippen LogP contribution >= 0.6 is 0 Å². The van der Waals surface area contributed by atoms with Crippen LogP contribution in [0.3, 0.4) is 0 Å². The summed E-state index contributed by atoms with van der Waals surface area (Å²) in [5.41, 5.74) is 2.41. The van der Waals surface area contributed by atoms with Gasteiger partial charge >= 0.3 is 11.9 Å². The van der Waals surface area contributed by atoms with Gasteiger partial charge in [-0.25, -0.2) is 9.59 Å². The largest absolute Gasteiger partial charge is 0.466 e. The molecule has 4 rings (SSSR count). The van der Waals surface area contributed by atoms with E-state index in [9.17, 15) is 19.7 Å². The number of nitrogens with zero attached hydrogens (tertiary/aromatic N) is 2. The second kappa shape index (κ2) is 11.5. The molecule has 0 saturated heterocycles. The number of para-hydroxylation sites is 1. The first-order valence-corrected chi connectivity index (χ1v) is 11.7. The van der Waals surface area contributed by atoms with Crippen molar-refractivity contribution in [3.63, 3.8) is 0 Å². The second-order valence-corrected chi connectivity index (χ2v) is 8.47. The number of benzene rings is 3. The van der Waals surface area contributed by atoms with Crippen molar-refractivity contribution in [3.8, 4) is 0 Å². The number of carbonyl (C=O) groups excluding carboxylic acids is 2. The number of nitro benzene ring substituents is 1. The molecular weight excluding hydrogens is 488 g/mol. The Kier molecular flexibility index (Phi) is 7.98. The van der Waals surface area contributed by atoms with E-state index in [1.54, 1.807) is 29.2 Å². The van der Waals surface area contributed by atoms with Gasteiger partial charge < -0.3 is 19.1 Å². The molecule has 0 spiro atoms. The van der Waals surface area contributed by atoms with Gasteiger partial charge in [0.25, 0.3) is 5.69 Å². The van der Waals surface area contributed by atoms with E-state index in [1.165, 1.54) is 38.5 Å². The normalized spacial score (nSPS) is 17.7. The quantitative estimate of drug-likeness (QED) is 0.240. The summed E-state index contributed by atoms with van der Waals surface area (Å²) in [6, 6.07) is 24.2. The summed E-state index contributed by atoms with van der Waals surface area (Å²) in [7, 11) is 2.43. The highest BCUT2D eigenvalue weighted by Gasteiger charge is 2.44. The number of anilines is 1. The first kappa shape index (κ1) is 26.3. The lowest BCUT2D eigenvalue weighted by Crippen LogP contribution is -2.47. The van der Waals surface area contributed by atoms with Crippen molar-refractivity contribution in [2.24, 2.45) is 0 Å². The summed E-state index contributed by atoms with van der Waals surface area (Å²) >= 11 is 0. The van der Waals surface area contributed by atoms with E-state index >= 15 is 0 Å². The first-order chi connectivity index (χ1) is 18.3. The third kappa shape index (κ3) is 5.33. The lowest BCUT2D eigenvalue weighted by Gasteiger charge is -2.42. The molecule has 3 aromatic carbocycles. The van der Waals surface area contributed by atoms with Crippen molar-refractivity contribution < 1.29 is 28.7 Å². The molecule has 38 heavy (non-hydrogen) atoms. The van der Waals surface area contributed by atoms with Gasteiger partial charge in [0.1, 0.15) is 17.4 Å². The van der Waals surface area contributed by atoms with E-state index in [1.807, 2.05) is 49.4 Å².